The summed E-state index contributed by atoms with van der Waals surface area (Å²) in [6, 6.07) is 6.37. The van der Waals surface area contributed by atoms with Gasteiger partial charge in [0.25, 0.3) is 0 Å². The minimum atomic E-state index is -3.07. The summed E-state index contributed by atoms with van der Waals surface area (Å²) >= 11 is 5.93. The van der Waals surface area contributed by atoms with Gasteiger partial charge in [-0.1, -0.05) is 23.7 Å². The SMILES string of the molecule is CN(C(=O)CC(=O)Nc1ccccc1Cl)C1CCS(=O)(=O)C1. The number of carbonyl (C=O) groups excluding carboxylic acids is 2. The highest BCUT2D eigenvalue weighted by Crippen LogP contribution is 2.21. The number of para-hydroxylation sites is 1. The summed E-state index contributed by atoms with van der Waals surface area (Å²) in [6.45, 7) is 0. The summed E-state index contributed by atoms with van der Waals surface area (Å²) in [5, 5.41) is 2.95. The zero-order valence-electron chi connectivity index (χ0n) is 12.1. The number of hydrogen-bond donors (Lipinski definition) is 1. The Morgan fingerprint density at radius 1 is 1.36 bits per heavy atom. The Hall–Kier alpha value is -1.60. The highest BCUT2D eigenvalue weighted by atomic mass is 35.5. The van der Waals surface area contributed by atoms with E-state index < -0.39 is 21.7 Å². The van der Waals surface area contributed by atoms with Gasteiger partial charge >= 0.3 is 0 Å². The normalized spacial score (nSPS) is 19.6. The van der Waals surface area contributed by atoms with Gasteiger partial charge in [0.1, 0.15) is 6.42 Å². The van der Waals surface area contributed by atoms with Crippen LogP contribution in [0, 0.1) is 0 Å². The Labute approximate surface area is 134 Å². The van der Waals surface area contributed by atoms with Gasteiger partial charge in [0.15, 0.2) is 9.84 Å². The molecule has 6 nitrogen and oxygen atoms in total. The summed E-state index contributed by atoms with van der Waals surface area (Å²) in [6.07, 6.45) is 0.0645. The standard InChI is InChI=1S/C14H17ClN2O4S/c1-17(10-6-7-22(20,21)9-10)14(19)8-13(18)16-12-5-3-2-4-11(12)15/h2-5,10H,6-9H2,1H3,(H,16,18). The fourth-order valence-electron chi connectivity index (χ4n) is 2.30. The van der Waals surface area contributed by atoms with Crippen molar-refractivity contribution in [2.45, 2.75) is 18.9 Å². The van der Waals surface area contributed by atoms with Crippen molar-refractivity contribution >= 4 is 38.9 Å². The number of hydrogen-bond acceptors (Lipinski definition) is 4. The first-order chi connectivity index (χ1) is 10.3. The molecular formula is C14H17ClN2O4S. The molecule has 1 unspecified atom stereocenters. The molecule has 1 aromatic carbocycles. The van der Waals surface area contributed by atoms with Crippen LogP contribution in [-0.4, -0.2) is 49.7 Å². The molecule has 2 rings (SSSR count). The second-order valence-electron chi connectivity index (χ2n) is 5.27. The molecule has 0 aliphatic carbocycles. The molecule has 0 bridgehead atoms. The number of amides is 2. The van der Waals surface area contributed by atoms with E-state index in [1.54, 1.807) is 24.3 Å². The molecule has 1 fully saturated rings. The lowest BCUT2D eigenvalue weighted by Crippen LogP contribution is -2.39. The maximum Gasteiger partial charge on any atom is 0.233 e. The van der Waals surface area contributed by atoms with Crippen molar-refractivity contribution in [2.75, 3.05) is 23.9 Å². The van der Waals surface area contributed by atoms with Crippen LogP contribution in [0.5, 0.6) is 0 Å². The minimum Gasteiger partial charge on any atom is -0.341 e. The van der Waals surface area contributed by atoms with E-state index >= 15 is 0 Å². The quantitative estimate of drug-likeness (QED) is 0.835. The number of benzene rings is 1. The lowest BCUT2D eigenvalue weighted by molar-refractivity contribution is -0.134. The van der Waals surface area contributed by atoms with E-state index in [0.717, 1.165) is 0 Å². The van der Waals surface area contributed by atoms with Crippen LogP contribution < -0.4 is 5.32 Å². The second-order valence-corrected chi connectivity index (χ2v) is 7.90. The van der Waals surface area contributed by atoms with Crippen molar-refractivity contribution in [1.29, 1.82) is 0 Å². The third kappa shape index (κ3) is 4.20. The Balaban J connectivity index is 1.91. The molecule has 0 saturated carbocycles. The summed E-state index contributed by atoms with van der Waals surface area (Å²) in [7, 11) is -1.54. The molecule has 0 aromatic heterocycles. The summed E-state index contributed by atoms with van der Waals surface area (Å²) < 4.78 is 22.9. The van der Waals surface area contributed by atoms with Crippen molar-refractivity contribution < 1.29 is 18.0 Å². The predicted octanol–water partition coefficient (Wildman–Crippen LogP) is 1.31. The van der Waals surface area contributed by atoms with Gasteiger partial charge in [-0.15, -0.1) is 0 Å². The molecule has 8 heteroatoms. The average Bonchev–Trinajstić information content (AvgIpc) is 2.80. The van der Waals surface area contributed by atoms with E-state index in [1.807, 2.05) is 0 Å². The van der Waals surface area contributed by atoms with Crippen molar-refractivity contribution in [1.82, 2.24) is 4.90 Å². The molecule has 22 heavy (non-hydrogen) atoms. The molecule has 2 amide bonds. The van der Waals surface area contributed by atoms with Crippen LogP contribution >= 0.6 is 11.6 Å². The first-order valence-corrected chi connectivity index (χ1v) is 8.99. The maximum absolute atomic E-state index is 12.1. The minimum absolute atomic E-state index is 0.0403. The van der Waals surface area contributed by atoms with Gasteiger partial charge in [-0.05, 0) is 18.6 Å². The monoisotopic (exact) mass is 344 g/mol. The van der Waals surface area contributed by atoms with Crippen LogP contribution in [0.2, 0.25) is 5.02 Å². The topological polar surface area (TPSA) is 83.6 Å². The Morgan fingerprint density at radius 3 is 2.64 bits per heavy atom. The Morgan fingerprint density at radius 2 is 2.05 bits per heavy atom. The third-order valence-electron chi connectivity index (χ3n) is 3.61. The Kier molecular flexibility index (Phi) is 5.08. The fraction of sp³-hybridized carbons (Fsp3) is 0.429. The van der Waals surface area contributed by atoms with Gasteiger partial charge in [-0.3, -0.25) is 9.59 Å². The molecule has 0 spiro atoms. The first kappa shape index (κ1) is 16.8. The molecule has 1 heterocycles. The smallest absolute Gasteiger partial charge is 0.233 e. The zero-order chi connectivity index (χ0) is 16.3. The van der Waals surface area contributed by atoms with E-state index in [2.05, 4.69) is 5.32 Å². The predicted molar refractivity (Wildman–Crippen MR) is 84.5 cm³/mol. The van der Waals surface area contributed by atoms with Crippen LogP contribution in [0.15, 0.2) is 24.3 Å². The van der Waals surface area contributed by atoms with Crippen molar-refractivity contribution in [3.63, 3.8) is 0 Å². The summed E-state index contributed by atoms with van der Waals surface area (Å²) in [4.78, 5) is 25.3. The number of halogens is 1. The van der Waals surface area contributed by atoms with Crippen LogP contribution in [0.25, 0.3) is 0 Å². The molecule has 0 radical (unpaired) electrons. The average molecular weight is 345 g/mol. The molecular weight excluding hydrogens is 328 g/mol. The van der Waals surface area contributed by atoms with Gasteiger partial charge in [-0.2, -0.15) is 0 Å². The van der Waals surface area contributed by atoms with Gasteiger partial charge in [0.05, 0.1) is 22.2 Å². The van der Waals surface area contributed by atoms with E-state index in [4.69, 9.17) is 11.6 Å². The van der Waals surface area contributed by atoms with Gasteiger partial charge < -0.3 is 10.2 Å². The summed E-state index contributed by atoms with van der Waals surface area (Å²) in [5.41, 5.74) is 0.438. The molecule has 1 N–H and O–H groups in total. The van der Waals surface area contributed by atoms with E-state index in [9.17, 15) is 18.0 Å². The number of carbonyl (C=O) groups is 2. The number of rotatable bonds is 4. The van der Waals surface area contributed by atoms with E-state index in [1.165, 1.54) is 11.9 Å². The van der Waals surface area contributed by atoms with Gasteiger partial charge in [0, 0.05) is 13.1 Å². The number of anilines is 1. The first-order valence-electron chi connectivity index (χ1n) is 6.79. The zero-order valence-corrected chi connectivity index (χ0v) is 13.7. The number of nitrogens with one attached hydrogen (secondary N) is 1. The van der Waals surface area contributed by atoms with Crippen LogP contribution in [-0.2, 0) is 19.4 Å². The van der Waals surface area contributed by atoms with Crippen LogP contribution in [0.3, 0.4) is 0 Å². The molecule has 120 valence electrons. The van der Waals surface area contributed by atoms with E-state index in [0.29, 0.717) is 17.1 Å². The molecule has 1 aliphatic rings. The van der Waals surface area contributed by atoms with E-state index in [-0.39, 0.29) is 24.0 Å². The number of nitrogens with zero attached hydrogens (tertiary/aromatic N) is 1. The Bertz CT molecular complexity index is 690. The lowest BCUT2D eigenvalue weighted by atomic mass is 10.2. The third-order valence-corrected chi connectivity index (χ3v) is 5.69. The van der Waals surface area contributed by atoms with Crippen molar-refractivity contribution in [3.05, 3.63) is 29.3 Å². The van der Waals surface area contributed by atoms with Gasteiger partial charge in [0.2, 0.25) is 11.8 Å². The van der Waals surface area contributed by atoms with Crippen molar-refractivity contribution in [2.24, 2.45) is 0 Å². The number of sulfone groups is 1. The molecule has 1 saturated heterocycles. The molecule has 1 aliphatic heterocycles. The highest BCUT2D eigenvalue weighted by molar-refractivity contribution is 7.91. The fourth-order valence-corrected chi connectivity index (χ4v) is 4.26. The maximum atomic E-state index is 12.1. The largest absolute Gasteiger partial charge is 0.341 e. The second kappa shape index (κ2) is 6.66. The van der Waals surface area contributed by atoms with Gasteiger partial charge in [-0.25, -0.2) is 8.42 Å². The molecule has 1 aromatic rings. The van der Waals surface area contributed by atoms with Crippen LogP contribution in [0.4, 0.5) is 5.69 Å². The highest BCUT2D eigenvalue weighted by Gasteiger charge is 2.33. The van der Waals surface area contributed by atoms with Crippen molar-refractivity contribution in [3.8, 4) is 0 Å². The van der Waals surface area contributed by atoms with Crippen LogP contribution in [0.1, 0.15) is 12.8 Å². The summed E-state index contributed by atoms with van der Waals surface area (Å²) in [5.74, 6) is -0.847. The molecule has 1 atom stereocenters. The lowest BCUT2D eigenvalue weighted by Gasteiger charge is -2.23.